The van der Waals surface area contributed by atoms with E-state index in [1.807, 2.05) is 0 Å². The Kier molecular flexibility index (Phi) is 2.59. The van der Waals surface area contributed by atoms with Crippen molar-refractivity contribution in [2.75, 3.05) is 6.61 Å². The van der Waals surface area contributed by atoms with Crippen molar-refractivity contribution in [3.05, 3.63) is 34.3 Å². The third-order valence-electron chi connectivity index (χ3n) is 2.42. The summed E-state index contributed by atoms with van der Waals surface area (Å²) >= 11 is 3.25. The molecule has 6 heteroatoms. The van der Waals surface area contributed by atoms with Crippen molar-refractivity contribution in [2.24, 2.45) is 0 Å². The van der Waals surface area contributed by atoms with Crippen LogP contribution < -0.4 is 5.32 Å². The summed E-state index contributed by atoms with van der Waals surface area (Å²) in [6.07, 6.45) is -0.720. The third-order valence-corrected chi connectivity index (χ3v) is 2.91. The second kappa shape index (κ2) is 3.79. The maximum atomic E-state index is 11.3. The van der Waals surface area contributed by atoms with Crippen molar-refractivity contribution in [2.45, 2.75) is 5.54 Å². The van der Waals surface area contributed by atoms with E-state index in [0.717, 1.165) is 4.47 Å². The van der Waals surface area contributed by atoms with Gasteiger partial charge in [0.15, 0.2) is 0 Å². The topological polar surface area (TPSA) is 75.6 Å². The molecule has 1 amide bonds. The van der Waals surface area contributed by atoms with Crippen LogP contribution in [0, 0.1) is 0 Å². The summed E-state index contributed by atoms with van der Waals surface area (Å²) in [5.74, 6) is -1.14. The first-order valence-corrected chi connectivity index (χ1v) is 5.28. The maximum absolute atomic E-state index is 11.3. The Morgan fingerprint density at radius 3 is 2.81 bits per heavy atom. The summed E-state index contributed by atoms with van der Waals surface area (Å²) in [6.45, 7) is -0.211. The first-order valence-electron chi connectivity index (χ1n) is 4.49. The minimum atomic E-state index is -1.49. The molecule has 1 aromatic carbocycles. The molecule has 16 heavy (non-hydrogen) atoms. The summed E-state index contributed by atoms with van der Waals surface area (Å²) in [6, 6.07) is 6.75. The van der Waals surface area contributed by atoms with Gasteiger partial charge in [0.25, 0.3) is 0 Å². The molecule has 84 valence electrons. The van der Waals surface area contributed by atoms with Crippen molar-refractivity contribution in [1.29, 1.82) is 0 Å². The van der Waals surface area contributed by atoms with E-state index in [1.54, 1.807) is 24.3 Å². The molecule has 0 unspecified atom stereocenters. The van der Waals surface area contributed by atoms with Gasteiger partial charge in [-0.25, -0.2) is 9.59 Å². The van der Waals surface area contributed by atoms with E-state index in [0.29, 0.717) is 5.56 Å². The lowest BCUT2D eigenvalue weighted by molar-refractivity contribution is -0.144. The highest BCUT2D eigenvalue weighted by molar-refractivity contribution is 9.10. The Morgan fingerprint density at radius 1 is 1.56 bits per heavy atom. The molecular formula is C10H8BrNO4. The molecule has 1 aliphatic rings. The minimum Gasteiger partial charge on any atom is -0.479 e. The second-order valence-electron chi connectivity index (χ2n) is 3.42. The van der Waals surface area contributed by atoms with Crippen LogP contribution >= 0.6 is 15.9 Å². The number of alkyl carbamates (subject to hydrolysis) is 1. The standard InChI is InChI=1S/C10H8BrNO4/c11-7-3-1-2-6(4-7)10(8(13)14)5-16-9(15)12-10/h1-4H,5H2,(H,12,15)(H,13,14)/t10-/m1/s1. The smallest absolute Gasteiger partial charge is 0.408 e. The number of carbonyl (C=O) groups is 2. The summed E-state index contributed by atoms with van der Waals surface area (Å²) in [5.41, 5.74) is -1.01. The number of cyclic esters (lactones) is 1. The SMILES string of the molecule is O=C1N[C@@](C(=O)O)(c2cccc(Br)c2)CO1. The molecule has 5 nitrogen and oxygen atoms in total. The Balaban J connectivity index is 2.48. The van der Waals surface area contributed by atoms with Gasteiger partial charge >= 0.3 is 12.1 Å². The Hall–Kier alpha value is -1.56. The van der Waals surface area contributed by atoms with Crippen molar-refractivity contribution in [3.63, 3.8) is 0 Å². The molecule has 0 radical (unpaired) electrons. The zero-order valence-electron chi connectivity index (χ0n) is 8.07. The van der Waals surface area contributed by atoms with Crippen LogP contribution in [0.4, 0.5) is 4.79 Å². The summed E-state index contributed by atoms with van der Waals surface area (Å²) in [7, 11) is 0. The van der Waals surface area contributed by atoms with E-state index in [-0.39, 0.29) is 6.61 Å². The molecule has 0 bridgehead atoms. The van der Waals surface area contributed by atoms with Gasteiger partial charge in [0.1, 0.15) is 6.61 Å². The van der Waals surface area contributed by atoms with Crippen LogP contribution in [-0.2, 0) is 15.1 Å². The third kappa shape index (κ3) is 1.65. The van der Waals surface area contributed by atoms with Crippen molar-refractivity contribution in [1.82, 2.24) is 5.32 Å². The van der Waals surface area contributed by atoms with Gasteiger partial charge in [0.2, 0.25) is 5.54 Å². The average molecular weight is 286 g/mol. The number of aliphatic carboxylic acids is 1. The average Bonchev–Trinajstić information content (AvgIpc) is 2.62. The number of rotatable bonds is 2. The molecule has 2 rings (SSSR count). The van der Waals surface area contributed by atoms with Gasteiger partial charge in [-0.1, -0.05) is 28.1 Å². The fraction of sp³-hybridized carbons (Fsp3) is 0.200. The van der Waals surface area contributed by atoms with Crippen molar-refractivity contribution in [3.8, 4) is 0 Å². The van der Waals surface area contributed by atoms with Crippen molar-refractivity contribution < 1.29 is 19.4 Å². The molecule has 1 heterocycles. The molecule has 2 N–H and O–H groups in total. The highest BCUT2D eigenvalue weighted by atomic mass is 79.9. The number of carboxylic acid groups (broad SMARTS) is 1. The molecule has 1 aliphatic heterocycles. The molecule has 0 spiro atoms. The van der Waals surface area contributed by atoms with Crippen LogP contribution in [0.1, 0.15) is 5.56 Å². The number of hydrogen-bond donors (Lipinski definition) is 2. The van der Waals surface area contributed by atoms with Crippen molar-refractivity contribution >= 4 is 28.0 Å². The lowest BCUT2D eigenvalue weighted by Gasteiger charge is -2.21. The first kappa shape index (κ1) is 10.9. The van der Waals surface area contributed by atoms with Gasteiger partial charge in [0.05, 0.1) is 0 Å². The van der Waals surface area contributed by atoms with Gasteiger partial charge in [-0.2, -0.15) is 0 Å². The number of carbonyl (C=O) groups excluding carboxylic acids is 1. The highest BCUT2D eigenvalue weighted by Gasteiger charge is 2.48. The predicted octanol–water partition coefficient (Wildman–Crippen LogP) is 1.47. The molecule has 0 aromatic heterocycles. The normalized spacial score (nSPS) is 23.7. The quantitative estimate of drug-likeness (QED) is 0.863. The summed E-state index contributed by atoms with van der Waals surface area (Å²) in [5, 5.41) is 11.5. The van der Waals surface area contributed by atoms with Gasteiger partial charge < -0.3 is 9.84 Å². The lowest BCUT2D eigenvalue weighted by atomic mass is 9.92. The number of carboxylic acids is 1. The van der Waals surface area contributed by atoms with E-state index in [1.165, 1.54) is 0 Å². The fourth-order valence-corrected chi connectivity index (χ4v) is 1.97. The van der Waals surface area contributed by atoms with E-state index in [2.05, 4.69) is 26.0 Å². The number of nitrogens with one attached hydrogen (secondary N) is 1. The zero-order chi connectivity index (χ0) is 11.8. The minimum absolute atomic E-state index is 0.211. The number of halogens is 1. The molecule has 1 saturated heterocycles. The molecule has 1 fully saturated rings. The summed E-state index contributed by atoms with van der Waals surface area (Å²) in [4.78, 5) is 22.3. The monoisotopic (exact) mass is 285 g/mol. The number of benzene rings is 1. The van der Waals surface area contributed by atoms with Crippen LogP contribution in [0.15, 0.2) is 28.7 Å². The molecule has 0 aliphatic carbocycles. The van der Waals surface area contributed by atoms with Crippen LogP contribution in [0.3, 0.4) is 0 Å². The van der Waals surface area contributed by atoms with Crippen LogP contribution in [0.25, 0.3) is 0 Å². The lowest BCUT2D eigenvalue weighted by Crippen LogP contribution is -2.47. The van der Waals surface area contributed by atoms with E-state index >= 15 is 0 Å². The van der Waals surface area contributed by atoms with Gasteiger partial charge in [-0.15, -0.1) is 0 Å². The largest absolute Gasteiger partial charge is 0.479 e. The van der Waals surface area contributed by atoms with Crippen LogP contribution in [0.5, 0.6) is 0 Å². The number of amides is 1. The van der Waals surface area contributed by atoms with Crippen LogP contribution in [0.2, 0.25) is 0 Å². The van der Waals surface area contributed by atoms with Crippen LogP contribution in [-0.4, -0.2) is 23.8 Å². The predicted molar refractivity (Wildman–Crippen MR) is 57.9 cm³/mol. The van der Waals surface area contributed by atoms with Gasteiger partial charge in [-0.05, 0) is 17.7 Å². The summed E-state index contributed by atoms with van der Waals surface area (Å²) < 4.78 is 5.42. The van der Waals surface area contributed by atoms with E-state index in [9.17, 15) is 14.7 Å². The Morgan fingerprint density at radius 2 is 2.31 bits per heavy atom. The van der Waals surface area contributed by atoms with Gasteiger partial charge in [-0.3, -0.25) is 5.32 Å². The maximum Gasteiger partial charge on any atom is 0.408 e. The number of ether oxygens (including phenoxy) is 1. The Labute approximate surface area is 99.5 Å². The molecular weight excluding hydrogens is 278 g/mol. The van der Waals surface area contributed by atoms with E-state index < -0.39 is 17.6 Å². The van der Waals surface area contributed by atoms with Gasteiger partial charge in [0, 0.05) is 4.47 Å². The molecule has 1 aromatic rings. The number of hydrogen-bond acceptors (Lipinski definition) is 3. The zero-order valence-corrected chi connectivity index (χ0v) is 9.65. The van der Waals surface area contributed by atoms with E-state index in [4.69, 9.17) is 0 Å². The molecule has 1 atom stereocenters. The Bertz CT molecular complexity index is 462. The molecule has 0 saturated carbocycles. The fourth-order valence-electron chi connectivity index (χ4n) is 1.57. The highest BCUT2D eigenvalue weighted by Crippen LogP contribution is 2.28. The first-order chi connectivity index (χ1) is 7.54. The second-order valence-corrected chi connectivity index (χ2v) is 4.34.